The SMILES string of the molecule is NC(=O)n1c(O)c(C(=O)NC2CCCCC2)c2c([N+](=O)[O-])cccc21. The molecular weight excluding hydrogens is 328 g/mol. The lowest BCUT2D eigenvalue weighted by molar-refractivity contribution is -0.383. The molecule has 0 radical (unpaired) electrons. The molecule has 1 heterocycles. The van der Waals surface area contributed by atoms with Crippen molar-refractivity contribution in [2.24, 2.45) is 5.73 Å². The smallest absolute Gasteiger partial charge is 0.326 e. The van der Waals surface area contributed by atoms with Gasteiger partial charge in [-0.1, -0.05) is 25.3 Å². The fourth-order valence-electron chi connectivity index (χ4n) is 3.40. The molecule has 0 unspecified atom stereocenters. The molecule has 1 saturated carbocycles. The number of carbonyl (C=O) groups excluding carboxylic acids is 2. The highest BCUT2D eigenvalue weighted by atomic mass is 16.6. The van der Waals surface area contributed by atoms with E-state index in [1.807, 2.05) is 0 Å². The van der Waals surface area contributed by atoms with Crippen molar-refractivity contribution in [2.45, 2.75) is 38.1 Å². The monoisotopic (exact) mass is 346 g/mol. The number of non-ortho nitro benzene ring substituents is 1. The lowest BCUT2D eigenvalue weighted by Crippen LogP contribution is -2.36. The van der Waals surface area contributed by atoms with E-state index >= 15 is 0 Å². The topological polar surface area (TPSA) is 140 Å². The van der Waals surface area contributed by atoms with E-state index in [0.717, 1.165) is 32.1 Å². The first-order chi connectivity index (χ1) is 11.9. The summed E-state index contributed by atoms with van der Waals surface area (Å²) < 4.78 is 0.706. The fraction of sp³-hybridized carbons (Fsp3) is 0.375. The number of primary amides is 1. The number of aromatic hydroxyl groups is 1. The van der Waals surface area contributed by atoms with Crippen LogP contribution < -0.4 is 11.1 Å². The summed E-state index contributed by atoms with van der Waals surface area (Å²) in [6.07, 6.45) is 4.69. The number of nitrogens with one attached hydrogen (secondary N) is 1. The minimum absolute atomic E-state index is 0.0213. The Bertz CT molecular complexity index is 867. The van der Waals surface area contributed by atoms with Gasteiger partial charge in [0.05, 0.1) is 15.8 Å². The van der Waals surface area contributed by atoms with Crippen LogP contribution in [0, 0.1) is 10.1 Å². The van der Waals surface area contributed by atoms with E-state index in [1.54, 1.807) is 0 Å². The van der Waals surface area contributed by atoms with Gasteiger partial charge in [-0.05, 0) is 18.9 Å². The van der Waals surface area contributed by atoms with E-state index in [2.05, 4.69) is 5.32 Å². The Morgan fingerprint density at radius 2 is 1.96 bits per heavy atom. The van der Waals surface area contributed by atoms with Crippen molar-refractivity contribution in [2.75, 3.05) is 0 Å². The van der Waals surface area contributed by atoms with Crippen LogP contribution >= 0.6 is 0 Å². The van der Waals surface area contributed by atoms with E-state index in [9.17, 15) is 24.8 Å². The maximum absolute atomic E-state index is 12.7. The largest absolute Gasteiger partial charge is 0.494 e. The first kappa shape index (κ1) is 16.7. The van der Waals surface area contributed by atoms with Crippen LogP contribution in [0.15, 0.2) is 18.2 Å². The lowest BCUT2D eigenvalue weighted by Gasteiger charge is -2.22. The predicted molar refractivity (Wildman–Crippen MR) is 89.6 cm³/mol. The summed E-state index contributed by atoms with van der Waals surface area (Å²) >= 11 is 0. The predicted octanol–water partition coefficient (Wildman–Crippen LogP) is 2.24. The van der Waals surface area contributed by atoms with E-state index in [1.165, 1.54) is 18.2 Å². The molecule has 1 aliphatic rings. The van der Waals surface area contributed by atoms with Gasteiger partial charge in [0.25, 0.3) is 11.6 Å². The molecule has 1 aromatic carbocycles. The maximum Gasteiger partial charge on any atom is 0.326 e. The molecule has 0 atom stereocenters. The third-order valence-electron chi connectivity index (χ3n) is 4.53. The van der Waals surface area contributed by atoms with Gasteiger partial charge in [0.1, 0.15) is 5.56 Å². The average Bonchev–Trinajstić information content (AvgIpc) is 2.87. The second-order valence-electron chi connectivity index (χ2n) is 6.11. The van der Waals surface area contributed by atoms with Crippen molar-refractivity contribution < 1.29 is 19.6 Å². The summed E-state index contributed by atoms with van der Waals surface area (Å²) in [5, 5.41) is 24.4. The first-order valence-corrected chi connectivity index (χ1v) is 8.03. The standard InChI is InChI=1S/C16H18N4O5/c17-16(23)19-10-7-4-8-11(20(24)25)12(10)13(15(19)22)14(21)18-9-5-2-1-3-6-9/h4,7-9,22H,1-3,5-6H2,(H2,17,23)(H,18,21). The molecule has 0 saturated heterocycles. The van der Waals surface area contributed by atoms with Gasteiger partial charge in [-0.15, -0.1) is 0 Å². The van der Waals surface area contributed by atoms with Gasteiger partial charge in [0.2, 0.25) is 5.88 Å². The van der Waals surface area contributed by atoms with E-state index < -0.39 is 22.7 Å². The average molecular weight is 346 g/mol. The van der Waals surface area contributed by atoms with Crippen molar-refractivity contribution in [1.82, 2.24) is 9.88 Å². The Morgan fingerprint density at radius 1 is 1.28 bits per heavy atom. The molecule has 1 aliphatic carbocycles. The zero-order valence-corrected chi connectivity index (χ0v) is 13.4. The quantitative estimate of drug-likeness (QED) is 0.577. The number of nitrogens with two attached hydrogens (primary N) is 1. The highest BCUT2D eigenvalue weighted by Crippen LogP contribution is 2.37. The molecule has 2 amide bonds. The van der Waals surface area contributed by atoms with Gasteiger partial charge in [0.15, 0.2) is 0 Å². The molecule has 3 rings (SSSR count). The molecular formula is C16H18N4O5. The van der Waals surface area contributed by atoms with Crippen LogP contribution in [0.3, 0.4) is 0 Å². The summed E-state index contributed by atoms with van der Waals surface area (Å²) in [6.45, 7) is 0. The molecule has 2 aromatic rings. The highest BCUT2D eigenvalue weighted by Gasteiger charge is 2.31. The maximum atomic E-state index is 12.7. The Balaban J connectivity index is 2.15. The summed E-state index contributed by atoms with van der Waals surface area (Å²) in [4.78, 5) is 35.0. The number of hydrogen-bond acceptors (Lipinski definition) is 5. The van der Waals surface area contributed by atoms with Gasteiger partial charge >= 0.3 is 6.03 Å². The molecule has 132 valence electrons. The normalized spacial score (nSPS) is 15.2. The van der Waals surface area contributed by atoms with Gasteiger partial charge in [-0.3, -0.25) is 14.9 Å². The van der Waals surface area contributed by atoms with Crippen LogP contribution in [0.1, 0.15) is 42.5 Å². The summed E-state index contributed by atoms with van der Waals surface area (Å²) in [7, 11) is 0. The molecule has 0 spiro atoms. The number of carbonyl (C=O) groups is 2. The summed E-state index contributed by atoms with van der Waals surface area (Å²) in [5.74, 6) is -1.34. The number of aromatic nitrogens is 1. The van der Waals surface area contributed by atoms with Crippen molar-refractivity contribution in [1.29, 1.82) is 0 Å². The second kappa shape index (κ2) is 6.42. The summed E-state index contributed by atoms with van der Waals surface area (Å²) in [6, 6.07) is 2.88. The molecule has 9 nitrogen and oxygen atoms in total. The third-order valence-corrected chi connectivity index (χ3v) is 4.53. The third kappa shape index (κ3) is 2.88. The Hall–Kier alpha value is -3.10. The van der Waals surface area contributed by atoms with E-state index in [4.69, 9.17) is 5.73 Å². The number of rotatable bonds is 3. The lowest BCUT2D eigenvalue weighted by atomic mass is 9.95. The molecule has 0 aliphatic heterocycles. The van der Waals surface area contributed by atoms with Crippen molar-refractivity contribution in [3.63, 3.8) is 0 Å². The van der Waals surface area contributed by atoms with Crippen LogP contribution in [-0.4, -0.2) is 32.6 Å². The van der Waals surface area contributed by atoms with Crippen LogP contribution in [-0.2, 0) is 0 Å². The van der Waals surface area contributed by atoms with Gasteiger partial charge in [-0.25, -0.2) is 9.36 Å². The van der Waals surface area contributed by atoms with Crippen molar-refractivity contribution in [3.8, 4) is 5.88 Å². The number of amides is 2. The Labute approximate surface area is 142 Å². The van der Waals surface area contributed by atoms with Crippen LogP contribution in [0.2, 0.25) is 0 Å². The minimum atomic E-state index is -1.03. The number of nitro groups is 1. The van der Waals surface area contributed by atoms with Gasteiger partial charge in [-0.2, -0.15) is 0 Å². The zero-order valence-electron chi connectivity index (χ0n) is 13.4. The molecule has 1 aromatic heterocycles. The second-order valence-corrected chi connectivity index (χ2v) is 6.11. The van der Waals surface area contributed by atoms with Gasteiger partial charge in [0, 0.05) is 12.1 Å². The van der Waals surface area contributed by atoms with Crippen molar-refractivity contribution >= 4 is 28.5 Å². The molecule has 9 heteroatoms. The first-order valence-electron chi connectivity index (χ1n) is 8.03. The highest BCUT2D eigenvalue weighted by molar-refractivity contribution is 6.15. The van der Waals surface area contributed by atoms with Gasteiger partial charge < -0.3 is 16.2 Å². The van der Waals surface area contributed by atoms with Crippen molar-refractivity contribution in [3.05, 3.63) is 33.9 Å². The fourth-order valence-corrected chi connectivity index (χ4v) is 3.40. The number of hydrogen-bond donors (Lipinski definition) is 3. The number of nitro benzene ring substituents is 1. The molecule has 4 N–H and O–H groups in total. The van der Waals surface area contributed by atoms with Crippen LogP contribution in [0.4, 0.5) is 10.5 Å². The number of benzene rings is 1. The van der Waals surface area contributed by atoms with E-state index in [-0.39, 0.29) is 28.2 Å². The Morgan fingerprint density at radius 3 is 2.56 bits per heavy atom. The number of nitrogens with zero attached hydrogens (tertiary/aromatic N) is 2. The number of fused-ring (bicyclic) bond motifs is 1. The molecule has 0 bridgehead atoms. The minimum Gasteiger partial charge on any atom is -0.494 e. The Kier molecular flexibility index (Phi) is 4.30. The van der Waals surface area contributed by atoms with Crippen LogP contribution in [0.25, 0.3) is 10.9 Å². The molecule has 1 fully saturated rings. The van der Waals surface area contributed by atoms with Crippen LogP contribution in [0.5, 0.6) is 5.88 Å². The molecule has 25 heavy (non-hydrogen) atoms. The summed E-state index contributed by atoms with van der Waals surface area (Å²) in [5.41, 5.74) is 4.62. The van der Waals surface area contributed by atoms with E-state index in [0.29, 0.717) is 4.57 Å². The zero-order chi connectivity index (χ0) is 18.1.